The Morgan fingerprint density at radius 3 is 2.68 bits per heavy atom. The van der Waals surface area contributed by atoms with Crippen LogP contribution in [0.25, 0.3) is 10.6 Å². The molecule has 0 saturated heterocycles. The van der Waals surface area contributed by atoms with Crippen molar-refractivity contribution in [1.82, 2.24) is 10.3 Å². The van der Waals surface area contributed by atoms with Crippen molar-refractivity contribution in [3.8, 4) is 22.1 Å². The number of thiazole rings is 1. The molecule has 0 fully saturated rings. The Bertz CT molecular complexity index is 927. The van der Waals surface area contributed by atoms with Gasteiger partial charge in [0, 0.05) is 23.9 Å². The summed E-state index contributed by atoms with van der Waals surface area (Å²) in [6.45, 7) is 2.02. The number of amides is 1. The maximum absolute atomic E-state index is 13.6. The molecule has 2 aromatic carbocycles. The smallest absolute Gasteiger partial charge is 0.260 e. The number of para-hydroxylation sites is 1. The topological polar surface area (TPSA) is 60.5 Å². The molecule has 1 heterocycles. The van der Waals surface area contributed by atoms with Gasteiger partial charge in [0.1, 0.15) is 10.8 Å². The average molecular weight is 400 g/mol. The molecular formula is C21H21FN2O3S. The highest BCUT2D eigenvalue weighted by molar-refractivity contribution is 7.13. The van der Waals surface area contributed by atoms with Crippen molar-refractivity contribution in [2.24, 2.45) is 0 Å². The van der Waals surface area contributed by atoms with E-state index in [1.807, 2.05) is 29.6 Å². The fourth-order valence-electron chi connectivity index (χ4n) is 2.53. The lowest BCUT2D eigenvalue weighted by Crippen LogP contribution is -2.37. The first-order valence-corrected chi connectivity index (χ1v) is 9.72. The summed E-state index contributed by atoms with van der Waals surface area (Å²) in [6.07, 6.45) is -0.188. The molecule has 1 N–H and O–H groups in total. The van der Waals surface area contributed by atoms with Gasteiger partial charge in [-0.25, -0.2) is 9.37 Å². The van der Waals surface area contributed by atoms with E-state index in [9.17, 15) is 9.18 Å². The monoisotopic (exact) mass is 400 g/mol. The van der Waals surface area contributed by atoms with Crippen molar-refractivity contribution < 1.29 is 18.7 Å². The molecule has 0 aliphatic heterocycles. The van der Waals surface area contributed by atoms with Gasteiger partial charge in [0.05, 0.1) is 12.8 Å². The van der Waals surface area contributed by atoms with Crippen molar-refractivity contribution >= 4 is 17.2 Å². The van der Waals surface area contributed by atoms with Crippen molar-refractivity contribution in [3.05, 3.63) is 65.4 Å². The predicted molar refractivity (Wildman–Crippen MR) is 107 cm³/mol. The molecule has 0 saturated carbocycles. The van der Waals surface area contributed by atoms with Gasteiger partial charge in [0.15, 0.2) is 17.7 Å². The number of aromatic nitrogens is 1. The third kappa shape index (κ3) is 5.07. The minimum absolute atomic E-state index is 0.0637. The fraction of sp³-hybridized carbons (Fsp3) is 0.238. The molecule has 0 aliphatic rings. The maximum atomic E-state index is 13.6. The molecular weight excluding hydrogens is 379 g/mol. The van der Waals surface area contributed by atoms with Crippen LogP contribution in [-0.2, 0) is 11.2 Å². The molecule has 0 bridgehead atoms. The minimum atomic E-state index is -0.790. The number of hydrogen-bond acceptors (Lipinski definition) is 5. The largest absolute Gasteiger partial charge is 0.497 e. The third-order valence-corrected chi connectivity index (χ3v) is 5.02. The van der Waals surface area contributed by atoms with Gasteiger partial charge in [0.25, 0.3) is 5.91 Å². The van der Waals surface area contributed by atoms with Gasteiger partial charge in [-0.15, -0.1) is 11.3 Å². The zero-order valence-corrected chi connectivity index (χ0v) is 16.5. The maximum Gasteiger partial charge on any atom is 0.260 e. The molecule has 3 aromatic rings. The van der Waals surface area contributed by atoms with Gasteiger partial charge in [-0.05, 0) is 43.3 Å². The Morgan fingerprint density at radius 1 is 1.21 bits per heavy atom. The number of nitrogens with one attached hydrogen (secondary N) is 1. The van der Waals surface area contributed by atoms with Crippen LogP contribution in [0.4, 0.5) is 4.39 Å². The van der Waals surface area contributed by atoms with Gasteiger partial charge in [-0.1, -0.05) is 12.1 Å². The van der Waals surface area contributed by atoms with Crippen LogP contribution in [0, 0.1) is 5.82 Å². The Balaban J connectivity index is 1.48. The van der Waals surface area contributed by atoms with Crippen LogP contribution in [0.2, 0.25) is 0 Å². The second kappa shape index (κ2) is 9.32. The zero-order chi connectivity index (χ0) is 19.9. The molecule has 0 aliphatic carbocycles. The van der Waals surface area contributed by atoms with Crippen LogP contribution in [0.5, 0.6) is 11.5 Å². The highest BCUT2D eigenvalue weighted by Crippen LogP contribution is 2.25. The van der Waals surface area contributed by atoms with E-state index >= 15 is 0 Å². The highest BCUT2D eigenvalue weighted by atomic mass is 32.1. The van der Waals surface area contributed by atoms with E-state index in [1.165, 1.54) is 12.1 Å². The number of methoxy groups -OCH3 is 1. The summed E-state index contributed by atoms with van der Waals surface area (Å²) in [7, 11) is 1.63. The molecule has 1 atom stereocenters. The SMILES string of the molecule is COc1ccc(-c2nc(CCNC(=O)[C@H](C)Oc3ccccc3F)cs2)cc1. The van der Waals surface area contributed by atoms with Crippen molar-refractivity contribution in [3.63, 3.8) is 0 Å². The second-order valence-corrected chi connectivity index (χ2v) is 6.96. The van der Waals surface area contributed by atoms with Crippen molar-refractivity contribution in [2.45, 2.75) is 19.4 Å². The molecule has 0 spiro atoms. The Morgan fingerprint density at radius 2 is 1.96 bits per heavy atom. The first-order chi connectivity index (χ1) is 13.6. The summed E-state index contributed by atoms with van der Waals surface area (Å²) >= 11 is 1.55. The van der Waals surface area contributed by atoms with E-state index in [2.05, 4.69) is 10.3 Å². The lowest BCUT2D eigenvalue weighted by atomic mass is 10.2. The van der Waals surface area contributed by atoms with Gasteiger partial charge in [0.2, 0.25) is 0 Å². The average Bonchev–Trinajstić information content (AvgIpc) is 3.18. The molecule has 7 heteroatoms. The van der Waals surface area contributed by atoms with Gasteiger partial charge < -0.3 is 14.8 Å². The number of ether oxygens (including phenoxy) is 2. The normalized spacial score (nSPS) is 11.7. The number of carbonyl (C=O) groups is 1. The molecule has 5 nitrogen and oxygen atoms in total. The molecule has 1 aromatic heterocycles. The molecule has 3 rings (SSSR count). The van der Waals surface area contributed by atoms with E-state index < -0.39 is 11.9 Å². The van der Waals surface area contributed by atoms with E-state index in [4.69, 9.17) is 9.47 Å². The van der Waals surface area contributed by atoms with Crippen LogP contribution < -0.4 is 14.8 Å². The molecule has 0 unspecified atom stereocenters. The summed E-state index contributed by atoms with van der Waals surface area (Å²) < 4.78 is 24.1. The molecule has 28 heavy (non-hydrogen) atoms. The standard InChI is InChI=1S/C21H21FN2O3S/c1-14(27-19-6-4-3-5-18(19)22)20(25)23-12-11-16-13-28-21(24-16)15-7-9-17(26-2)10-8-15/h3-10,13-14H,11-12H2,1-2H3,(H,23,25)/t14-/m0/s1. The number of rotatable bonds is 8. The first-order valence-electron chi connectivity index (χ1n) is 8.84. The number of carbonyl (C=O) groups excluding carboxylic acids is 1. The van der Waals surface area contributed by atoms with Crippen molar-refractivity contribution in [2.75, 3.05) is 13.7 Å². The quantitative estimate of drug-likeness (QED) is 0.619. The molecule has 0 radical (unpaired) electrons. The number of hydrogen-bond donors (Lipinski definition) is 1. The van der Waals surface area contributed by atoms with E-state index in [0.29, 0.717) is 13.0 Å². The van der Waals surface area contributed by atoms with Gasteiger partial charge >= 0.3 is 0 Å². The summed E-state index contributed by atoms with van der Waals surface area (Å²) in [5, 5.41) is 5.69. The Hall–Kier alpha value is -2.93. The lowest BCUT2D eigenvalue weighted by molar-refractivity contribution is -0.127. The van der Waals surface area contributed by atoms with E-state index in [1.54, 1.807) is 37.5 Å². The third-order valence-electron chi connectivity index (χ3n) is 4.08. The van der Waals surface area contributed by atoms with Crippen LogP contribution >= 0.6 is 11.3 Å². The lowest BCUT2D eigenvalue weighted by Gasteiger charge is -2.14. The van der Waals surface area contributed by atoms with Crippen LogP contribution in [0.3, 0.4) is 0 Å². The summed E-state index contributed by atoms with van der Waals surface area (Å²) in [5.74, 6) is 0.0771. The highest BCUT2D eigenvalue weighted by Gasteiger charge is 2.16. The first kappa shape index (κ1) is 19.8. The predicted octanol–water partition coefficient (Wildman–Crippen LogP) is 4.08. The Labute approximate surface area is 167 Å². The summed E-state index contributed by atoms with van der Waals surface area (Å²) in [4.78, 5) is 16.8. The van der Waals surface area contributed by atoms with E-state index in [0.717, 1.165) is 22.0 Å². The fourth-order valence-corrected chi connectivity index (χ4v) is 3.39. The van der Waals surface area contributed by atoms with E-state index in [-0.39, 0.29) is 11.7 Å². The van der Waals surface area contributed by atoms with Gasteiger partial charge in [-0.3, -0.25) is 4.79 Å². The van der Waals surface area contributed by atoms with Crippen LogP contribution in [0.15, 0.2) is 53.9 Å². The zero-order valence-electron chi connectivity index (χ0n) is 15.6. The number of halogens is 1. The Kier molecular flexibility index (Phi) is 6.60. The molecule has 1 amide bonds. The second-order valence-electron chi connectivity index (χ2n) is 6.10. The van der Waals surface area contributed by atoms with Gasteiger partial charge in [-0.2, -0.15) is 0 Å². The van der Waals surface area contributed by atoms with Crippen LogP contribution in [0.1, 0.15) is 12.6 Å². The van der Waals surface area contributed by atoms with Crippen LogP contribution in [-0.4, -0.2) is 30.6 Å². The minimum Gasteiger partial charge on any atom is -0.497 e. The molecule has 146 valence electrons. The van der Waals surface area contributed by atoms with Crippen molar-refractivity contribution in [1.29, 1.82) is 0 Å². The number of benzene rings is 2. The summed E-state index contributed by atoms with van der Waals surface area (Å²) in [6, 6.07) is 13.7. The summed E-state index contributed by atoms with van der Waals surface area (Å²) in [5.41, 5.74) is 1.92. The number of nitrogens with zero attached hydrogens (tertiary/aromatic N) is 1.